The van der Waals surface area contributed by atoms with Gasteiger partial charge in [-0.1, -0.05) is 85.4 Å². The maximum absolute atomic E-state index is 13.0. The van der Waals surface area contributed by atoms with E-state index in [4.69, 9.17) is 9.47 Å². The number of unbranched alkanes of at least 4 members (excludes halogenated alkanes) is 2. The lowest BCUT2D eigenvalue weighted by Gasteiger charge is -2.21. The minimum atomic E-state index is -0.645. The number of carbonyl (C=O) groups is 1. The van der Waals surface area contributed by atoms with Gasteiger partial charge >= 0.3 is 5.97 Å². The third-order valence-corrected chi connectivity index (χ3v) is 6.35. The molecule has 0 aliphatic heterocycles. The molecule has 0 amide bonds. The predicted octanol–water partition coefficient (Wildman–Crippen LogP) is 8.99. The normalized spacial score (nSPS) is 15.3. The van der Waals surface area contributed by atoms with Crippen LogP contribution in [0.15, 0.2) is 41.7 Å². The summed E-state index contributed by atoms with van der Waals surface area (Å²) in [6.07, 6.45) is 10.4. The van der Waals surface area contributed by atoms with Crippen molar-refractivity contribution in [2.75, 3.05) is 26.9 Å². The van der Waals surface area contributed by atoms with Crippen LogP contribution in [0.5, 0.6) is 0 Å². The monoisotopic (exact) mass is 591 g/mol. The molecule has 1 aliphatic rings. The van der Waals surface area contributed by atoms with Gasteiger partial charge in [-0.25, -0.2) is 9.78 Å². The van der Waals surface area contributed by atoms with Gasteiger partial charge in [0.15, 0.2) is 0 Å². The second-order valence-electron chi connectivity index (χ2n) is 9.43. The molecule has 1 aliphatic carbocycles. The van der Waals surface area contributed by atoms with E-state index in [1.165, 1.54) is 45.6 Å². The average Bonchev–Trinajstić information content (AvgIpc) is 3.43. The maximum Gasteiger partial charge on any atom is 0.362 e. The number of aromatic nitrogens is 2. The lowest BCUT2D eigenvalue weighted by molar-refractivity contribution is 0.0516. The summed E-state index contributed by atoms with van der Waals surface area (Å²) in [5.41, 5.74) is 5.46. The fourth-order valence-corrected chi connectivity index (χ4v) is 4.60. The number of benzene rings is 1. The van der Waals surface area contributed by atoms with E-state index in [1.807, 2.05) is 71.9 Å². The van der Waals surface area contributed by atoms with Crippen molar-refractivity contribution >= 4 is 17.0 Å². The number of hydrogen-bond donors (Lipinski definition) is 1. The summed E-state index contributed by atoms with van der Waals surface area (Å²) in [5.74, 6) is 0.752. The Morgan fingerprint density at radius 2 is 1.67 bits per heavy atom. The Morgan fingerprint density at radius 1 is 1.07 bits per heavy atom. The highest BCUT2D eigenvalue weighted by Gasteiger charge is 2.26. The molecule has 1 heterocycles. The van der Waals surface area contributed by atoms with E-state index in [1.54, 1.807) is 11.5 Å². The van der Waals surface area contributed by atoms with Gasteiger partial charge in [-0.15, -0.1) is 6.58 Å². The molecule has 0 spiro atoms. The van der Waals surface area contributed by atoms with Crippen LogP contribution in [0.2, 0.25) is 0 Å². The van der Waals surface area contributed by atoms with Crippen molar-refractivity contribution in [3.8, 4) is 0 Å². The van der Waals surface area contributed by atoms with Crippen LogP contribution in [0.25, 0.3) is 11.0 Å². The second kappa shape index (κ2) is 30.0. The SMILES string of the molecule is C=CCCCC.CC.CC.CCOC(=O)c1nc2ccccc2n([C@@H](C)C[C@@H]2CC[C@H](C)C2)c1=O.CCOCC.CN. The number of nitrogens with two attached hydrogens (primary N) is 1. The third kappa shape index (κ3) is 17.4. The summed E-state index contributed by atoms with van der Waals surface area (Å²) >= 11 is 0. The quantitative estimate of drug-likeness (QED) is 0.168. The first kappa shape index (κ1) is 43.9. The predicted molar refractivity (Wildman–Crippen MR) is 182 cm³/mol. The van der Waals surface area contributed by atoms with Crippen molar-refractivity contribution in [1.82, 2.24) is 9.55 Å². The number of fused-ring (bicyclic) bond motifs is 1. The topological polar surface area (TPSA) is 96.4 Å². The number of allylic oxidation sites excluding steroid dienone is 1. The average molecular weight is 592 g/mol. The number of rotatable bonds is 10. The fraction of sp³-hybridized carbons (Fsp3) is 0.686. The van der Waals surface area contributed by atoms with E-state index in [2.05, 4.69) is 38.1 Å². The zero-order valence-corrected chi connectivity index (χ0v) is 29.0. The number of hydrogen-bond acceptors (Lipinski definition) is 6. The van der Waals surface area contributed by atoms with Gasteiger partial charge in [-0.3, -0.25) is 4.79 Å². The van der Waals surface area contributed by atoms with Crippen LogP contribution in [0, 0.1) is 11.8 Å². The molecule has 0 radical (unpaired) electrons. The molecule has 0 unspecified atom stereocenters. The number of carbonyl (C=O) groups excluding carboxylic acids is 1. The minimum absolute atomic E-state index is 0.0175. The van der Waals surface area contributed by atoms with Gasteiger partial charge in [0.1, 0.15) is 0 Å². The van der Waals surface area contributed by atoms with Crippen LogP contribution in [0.1, 0.15) is 131 Å². The Hall–Kier alpha value is -2.51. The van der Waals surface area contributed by atoms with Crippen LogP contribution in [-0.2, 0) is 9.47 Å². The molecule has 7 nitrogen and oxygen atoms in total. The van der Waals surface area contributed by atoms with E-state index >= 15 is 0 Å². The molecule has 244 valence electrons. The first-order valence-corrected chi connectivity index (χ1v) is 16.3. The van der Waals surface area contributed by atoms with Gasteiger partial charge in [0.25, 0.3) is 5.56 Å². The van der Waals surface area contributed by atoms with E-state index < -0.39 is 5.97 Å². The number of nitrogens with zero attached hydrogens (tertiary/aromatic N) is 2. The first-order chi connectivity index (χ1) is 20.3. The summed E-state index contributed by atoms with van der Waals surface area (Å²) < 4.78 is 11.6. The molecule has 2 aromatic rings. The zero-order chi connectivity index (χ0) is 32.9. The number of ether oxygens (including phenoxy) is 2. The third-order valence-electron chi connectivity index (χ3n) is 6.35. The molecule has 0 bridgehead atoms. The molecule has 1 fully saturated rings. The van der Waals surface area contributed by atoms with E-state index in [0.29, 0.717) is 11.4 Å². The second-order valence-corrected chi connectivity index (χ2v) is 9.43. The Morgan fingerprint density at radius 3 is 2.10 bits per heavy atom. The lowest BCUT2D eigenvalue weighted by atomic mass is 9.97. The van der Waals surface area contributed by atoms with Crippen LogP contribution >= 0.6 is 0 Å². The summed E-state index contributed by atoms with van der Waals surface area (Å²) in [7, 11) is 1.50. The van der Waals surface area contributed by atoms with Crippen LogP contribution in [0.3, 0.4) is 0 Å². The van der Waals surface area contributed by atoms with Crippen molar-refractivity contribution in [1.29, 1.82) is 0 Å². The molecule has 3 rings (SSSR count). The first-order valence-electron chi connectivity index (χ1n) is 16.3. The van der Waals surface area contributed by atoms with Crippen LogP contribution < -0.4 is 11.3 Å². The van der Waals surface area contributed by atoms with Crippen molar-refractivity contribution in [3.05, 3.63) is 53.0 Å². The minimum Gasteiger partial charge on any atom is -0.461 e. The van der Waals surface area contributed by atoms with Gasteiger partial charge in [-0.05, 0) is 78.0 Å². The lowest BCUT2D eigenvalue weighted by Crippen LogP contribution is -2.32. The molecule has 1 saturated carbocycles. The van der Waals surface area contributed by atoms with Crippen molar-refractivity contribution in [3.63, 3.8) is 0 Å². The fourth-order valence-electron chi connectivity index (χ4n) is 4.60. The molecule has 42 heavy (non-hydrogen) atoms. The molecule has 7 heteroatoms. The largest absolute Gasteiger partial charge is 0.461 e. The summed E-state index contributed by atoms with van der Waals surface area (Å²) in [5, 5.41) is 0. The summed E-state index contributed by atoms with van der Waals surface area (Å²) in [4.78, 5) is 29.4. The Labute approximate surface area is 258 Å². The maximum atomic E-state index is 13.0. The van der Waals surface area contributed by atoms with Gasteiger partial charge in [0.2, 0.25) is 5.69 Å². The van der Waals surface area contributed by atoms with Crippen molar-refractivity contribution in [2.24, 2.45) is 17.6 Å². The van der Waals surface area contributed by atoms with Crippen LogP contribution in [0.4, 0.5) is 0 Å². The molecule has 3 atom stereocenters. The van der Waals surface area contributed by atoms with Gasteiger partial charge < -0.3 is 19.8 Å². The van der Waals surface area contributed by atoms with E-state index in [0.717, 1.165) is 31.1 Å². The molecule has 0 saturated heterocycles. The summed E-state index contributed by atoms with van der Waals surface area (Å²) in [6.45, 7) is 25.7. The zero-order valence-electron chi connectivity index (χ0n) is 29.0. The Kier molecular flexibility index (Phi) is 31.3. The molecule has 1 aromatic heterocycles. The molecule has 2 N–H and O–H groups in total. The Bertz CT molecular complexity index is 972. The number of esters is 1. The number of para-hydroxylation sites is 2. The Balaban J connectivity index is -0.000000745. The van der Waals surface area contributed by atoms with Crippen LogP contribution in [-0.4, -0.2) is 42.4 Å². The summed E-state index contributed by atoms with van der Waals surface area (Å²) in [6, 6.07) is 7.51. The van der Waals surface area contributed by atoms with E-state index in [-0.39, 0.29) is 23.9 Å². The van der Waals surface area contributed by atoms with Gasteiger partial charge in [0, 0.05) is 19.3 Å². The smallest absolute Gasteiger partial charge is 0.362 e. The highest BCUT2D eigenvalue weighted by Crippen LogP contribution is 2.35. The van der Waals surface area contributed by atoms with Crippen molar-refractivity contribution in [2.45, 2.75) is 120 Å². The van der Waals surface area contributed by atoms with Gasteiger partial charge in [-0.2, -0.15) is 0 Å². The van der Waals surface area contributed by atoms with Gasteiger partial charge in [0.05, 0.1) is 17.6 Å². The van der Waals surface area contributed by atoms with E-state index in [9.17, 15) is 9.59 Å². The molecular formula is C35H65N3O4. The van der Waals surface area contributed by atoms with Crippen molar-refractivity contribution < 1.29 is 14.3 Å². The highest BCUT2D eigenvalue weighted by molar-refractivity contribution is 5.89. The standard InChI is InChI=1S/C20H26N2O3.C6H12.C4H10O.2C2H6.CH5N/c1-4-25-20(24)18-19(23)22(17-8-6-5-7-16(17)21-18)14(3)12-15-10-9-13(2)11-15;1-3-5-6-4-2;1-3-5-4-2;3*1-2/h5-8,13-15H,4,9-12H2,1-3H3;3H,1,4-6H2,2H3;3-4H2,1-2H3;2*1-2H3;2H2,1H3/t13-,14-,15+;;;;;/m0...../s1. The highest BCUT2D eigenvalue weighted by atomic mass is 16.5. The molecular weight excluding hydrogens is 526 g/mol. The molecule has 1 aromatic carbocycles.